The van der Waals surface area contributed by atoms with Crippen LogP contribution in [0, 0.1) is 5.92 Å². The molecule has 0 radical (unpaired) electrons. The van der Waals surface area contributed by atoms with Gasteiger partial charge in [0.2, 0.25) is 11.1 Å². The van der Waals surface area contributed by atoms with Crippen molar-refractivity contribution < 1.29 is 4.79 Å². The quantitative estimate of drug-likeness (QED) is 0.642. The second-order valence-corrected chi connectivity index (χ2v) is 7.21. The number of carbonyl (C=O) groups is 1. The van der Waals surface area contributed by atoms with Gasteiger partial charge in [-0.25, -0.2) is 4.68 Å². The number of thioether (sulfide) groups is 1. The van der Waals surface area contributed by atoms with Crippen LogP contribution in [0.1, 0.15) is 32.6 Å². The number of carbonyl (C=O) groups excluding carboxylic acids is 1. The van der Waals surface area contributed by atoms with E-state index in [1.54, 1.807) is 0 Å². The van der Waals surface area contributed by atoms with Crippen LogP contribution >= 0.6 is 11.8 Å². The van der Waals surface area contributed by atoms with E-state index in [0.29, 0.717) is 28.7 Å². The highest BCUT2D eigenvalue weighted by atomic mass is 32.2. The second kappa shape index (κ2) is 7.70. The van der Waals surface area contributed by atoms with Crippen molar-refractivity contribution in [3.8, 4) is 11.4 Å². The molecule has 0 spiro atoms. The van der Waals surface area contributed by atoms with Crippen LogP contribution in [0.15, 0.2) is 35.5 Å². The standard InChI is InChI=1S/C17H23N5OS/c1-12-7-5-6-10-14(12)19-15(23)11-24-17-21-20-16(22(17)18)13-8-3-2-4-9-13/h2-4,8-9,12,14H,5-7,10-11,18H2,1H3,(H,19,23)/t12-,14+/m1/s1. The molecule has 7 heteroatoms. The molecule has 1 amide bonds. The summed E-state index contributed by atoms with van der Waals surface area (Å²) in [6.45, 7) is 2.21. The number of nitrogen functional groups attached to an aromatic ring is 1. The van der Waals surface area contributed by atoms with Crippen LogP contribution in [0.4, 0.5) is 0 Å². The molecular formula is C17H23N5OS. The predicted octanol–water partition coefficient (Wildman–Crippen LogP) is 2.45. The van der Waals surface area contributed by atoms with Gasteiger partial charge in [-0.2, -0.15) is 0 Å². The number of aromatic nitrogens is 3. The normalized spacial score (nSPS) is 20.7. The molecule has 128 valence electrons. The summed E-state index contributed by atoms with van der Waals surface area (Å²) in [7, 11) is 0. The Morgan fingerprint density at radius 1 is 1.29 bits per heavy atom. The minimum atomic E-state index is 0.0306. The fraction of sp³-hybridized carbons (Fsp3) is 0.471. The first kappa shape index (κ1) is 16.8. The molecule has 0 unspecified atom stereocenters. The Hall–Kier alpha value is -2.02. The fourth-order valence-corrected chi connectivity index (χ4v) is 3.74. The van der Waals surface area contributed by atoms with E-state index in [2.05, 4.69) is 22.4 Å². The summed E-state index contributed by atoms with van der Waals surface area (Å²) in [5.41, 5.74) is 0.903. The molecule has 1 aromatic carbocycles. The second-order valence-electron chi connectivity index (χ2n) is 6.27. The summed E-state index contributed by atoms with van der Waals surface area (Å²) in [5.74, 6) is 7.54. The molecule has 1 aliphatic rings. The van der Waals surface area contributed by atoms with Crippen LogP contribution in [-0.2, 0) is 4.79 Å². The van der Waals surface area contributed by atoms with Crippen LogP contribution in [0.25, 0.3) is 11.4 Å². The molecule has 0 saturated heterocycles. The lowest BCUT2D eigenvalue weighted by atomic mass is 9.86. The molecule has 1 aromatic heterocycles. The molecule has 6 nitrogen and oxygen atoms in total. The fourth-order valence-electron chi connectivity index (χ4n) is 3.07. The molecule has 2 atom stereocenters. The third kappa shape index (κ3) is 3.90. The summed E-state index contributed by atoms with van der Waals surface area (Å²) < 4.78 is 1.44. The molecular weight excluding hydrogens is 322 g/mol. The molecule has 3 N–H and O–H groups in total. The molecule has 1 fully saturated rings. The zero-order valence-electron chi connectivity index (χ0n) is 13.8. The highest BCUT2D eigenvalue weighted by Crippen LogP contribution is 2.24. The van der Waals surface area contributed by atoms with E-state index < -0.39 is 0 Å². The third-order valence-corrected chi connectivity index (χ3v) is 5.43. The highest BCUT2D eigenvalue weighted by molar-refractivity contribution is 7.99. The Morgan fingerprint density at radius 3 is 2.79 bits per heavy atom. The Bertz CT molecular complexity index is 688. The van der Waals surface area contributed by atoms with Crippen molar-refractivity contribution in [3.63, 3.8) is 0 Å². The van der Waals surface area contributed by atoms with Crippen molar-refractivity contribution in [2.45, 2.75) is 43.8 Å². The van der Waals surface area contributed by atoms with Crippen molar-refractivity contribution in [1.82, 2.24) is 20.2 Å². The van der Waals surface area contributed by atoms with Crippen LogP contribution in [0.5, 0.6) is 0 Å². The van der Waals surface area contributed by atoms with Crippen LogP contribution in [0.2, 0.25) is 0 Å². The van der Waals surface area contributed by atoms with E-state index in [1.807, 2.05) is 30.3 Å². The number of hydrogen-bond donors (Lipinski definition) is 2. The molecule has 1 aliphatic carbocycles. The van der Waals surface area contributed by atoms with Crippen molar-refractivity contribution in [2.75, 3.05) is 11.6 Å². The van der Waals surface area contributed by atoms with E-state index >= 15 is 0 Å². The van der Waals surface area contributed by atoms with Gasteiger partial charge in [-0.15, -0.1) is 10.2 Å². The molecule has 2 aromatic rings. The van der Waals surface area contributed by atoms with Crippen LogP contribution < -0.4 is 11.2 Å². The number of hydrogen-bond acceptors (Lipinski definition) is 5. The maximum Gasteiger partial charge on any atom is 0.230 e. The summed E-state index contributed by atoms with van der Waals surface area (Å²) in [6, 6.07) is 9.94. The van der Waals surface area contributed by atoms with Gasteiger partial charge in [-0.3, -0.25) is 4.79 Å². The van der Waals surface area contributed by atoms with Gasteiger partial charge in [-0.1, -0.05) is 61.9 Å². The zero-order valence-corrected chi connectivity index (χ0v) is 14.6. The Balaban J connectivity index is 1.57. The Kier molecular flexibility index (Phi) is 5.40. The van der Waals surface area contributed by atoms with Crippen molar-refractivity contribution >= 4 is 17.7 Å². The maximum absolute atomic E-state index is 12.2. The summed E-state index contributed by atoms with van der Waals surface area (Å²) >= 11 is 1.31. The number of rotatable bonds is 5. The number of benzene rings is 1. The smallest absolute Gasteiger partial charge is 0.230 e. The van der Waals surface area contributed by atoms with E-state index in [0.717, 1.165) is 12.0 Å². The van der Waals surface area contributed by atoms with E-state index in [1.165, 1.54) is 35.7 Å². The third-order valence-electron chi connectivity index (χ3n) is 4.49. The summed E-state index contributed by atoms with van der Waals surface area (Å²) in [4.78, 5) is 12.2. The van der Waals surface area contributed by atoms with Gasteiger partial charge in [0.15, 0.2) is 5.82 Å². The number of nitrogens with one attached hydrogen (secondary N) is 1. The average Bonchev–Trinajstić information content (AvgIpc) is 2.97. The average molecular weight is 345 g/mol. The molecule has 0 bridgehead atoms. The monoisotopic (exact) mass is 345 g/mol. The minimum absolute atomic E-state index is 0.0306. The zero-order chi connectivity index (χ0) is 16.9. The molecule has 3 rings (SSSR count). The van der Waals surface area contributed by atoms with Gasteiger partial charge in [0.1, 0.15) is 0 Å². The number of nitrogens with two attached hydrogens (primary N) is 1. The van der Waals surface area contributed by atoms with Gasteiger partial charge < -0.3 is 11.2 Å². The number of nitrogens with zero attached hydrogens (tertiary/aromatic N) is 3. The lowest BCUT2D eigenvalue weighted by Crippen LogP contribution is -2.41. The van der Waals surface area contributed by atoms with Gasteiger partial charge in [0.25, 0.3) is 0 Å². The van der Waals surface area contributed by atoms with Gasteiger partial charge in [-0.05, 0) is 18.8 Å². The predicted molar refractivity (Wildman–Crippen MR) is 95.9 cm³/mol. The first-order valence-electron chi connectivity index (χ1n) is 8.33. The van der Waals surface area contributed by atoms with Gasteiger partial charge >= 0.3 is 0 Å². The highest BCUT2D eigenvalue weighted by Gasteiger charge is 2.23. The van der Waals surface area contributed by atoms with Crippen molar-refractivity contribution in [1.29, 1.82) is 0 Å². The molecule has 0 aliphatic heterocycles. The topological polar surface area (TPSA) is 85.8 Å². The van der Waals surface area contributed by atoms with E-state index in [9.17, 15) is 4.79 Å². The largest absolute Gasteiger partial charge is 0.352 e. The Morgan fingerprint density at radius 2 is 2.04 bits per heavy atom. The van der Waals surface area contributed by atoms with Crippen molar-refractivity contribution in [2.24, 2.45) is 5.92 Å². The minimum Gasteiger partial charge on any atom is -0.352 e. The van der Waals surface area contributed by atoms with Gasteiger partial charge in [0.05, 0.1) is 5.75 Å². The van der Waals surface area contributed by atoms with E-state index in [-0.39, 0.29) is 5.91 Å². The summed E-state index contributed by atoms with van der Waals surface area (Å²) in [6.07, 6.45) is 4.72. The van der Waals surface area contributed by atoms with Crippen LogP contribution in [0.3, 0.4) is 0 Å². The number of amides is 1. The van der Waals surface area contributed by atoms with E-state index in [4.69, 9.17) is 5.84 Å². The first-order chi connectivity index (χ1) is 11.6. The Labute approximate surface area is 146 Å². The lowest BCUT2D eigenvalue weighted by molar-refractivity contribution is -0.119. The molecule has 1 saturated carbocycles. The summed E-state index contributed by atoms with van der Waals surface area (Å²) in [5, 5.41) is 11.9. The lowest BCUT2D eigenvalue weighted by Gasteiger charge is -2.29. The van der Waals surface area contributed by atoms with Crippen LogP contribution in [-0.4, -0.2) is 32.6 Å². The molecule has 1 heterocycles. The maximum atomic E-state index is 12.2. The SMILES string of the molecule is C[C@@H]1CCCC[C@@H]1NC(=O)CSc1nnc(-c2ccccc2)n1N. The van der Waals surface area contributed by atoms with Crippen molar-refractivity contribution in [3.05, 3.63) is 30.3 Å². The van der Waals surface area contributed by atoms with Gasteiger partial charge in [0, 0.05) is 11.6 Å². The molecule has 24 heavy (non-hydrogen) atoms. The first-order valence-corrected chi connectivity index (χ1v) is 9.32.